The zero-order valence-electron chi connectivity index (χ0n) is 26.4. The number of carbonyl (C=O) groups is 3. The van der Waals surface area contributed by atoms with E-state index >= 15 is 0 Å². The molecule has 4 N–H and O–H groups in total. The van der Waals surface area contributed by atoms with Crippen molar-refractivity contribution in [3.63, 3.8) is 0 Å². The van der Waals surface area contributed by atoms with E-state index in [1.54, 1.807) is 24.3 Å². The second-order valence-electron chi connectivity index (χ2n) is 12.9. The zero-order chi connectivity index (χ0) is 31.9. The Morgan fingerprint density at radius 3 is 2.24 bits per heavy atom. The molecule has 1 aliphatic carbocycles. The number of rotatable bonds is 12. The largest absolute Gasteiger partial charge is 0.457 e. The predicted octanol–water partition coefficient (Wildman–Crippen LogP) is 3.75. The van der Waals surface area contributed by atoms with Gasteiger partial charge < -0.3 is 30.5 Å². The summed E-state index contributed by atoms with van der Waals surface area (Å²) in [5, 5.41) is 25.7. The van der Waals surface area contributed by atoms with Crippen molar-refractivity contribution in [3.05, 3.63) is 59.7 Å². The number of ether oxygens (including phenoxy) is 1. The van der Waals surface area contributed by atoms with E-state index in [1.807, 2.05) is 29.2 Å². The van der Waals surface area contributed by atoms with E-state index in [2.05, 4.69) is 22.5 Å². The van der Waals surface area contributed by atoms with E-state index in [9.17, 15) is 19.5 Å². The molecule has 45 heavy (non-hydrogen) atoms. The third-order valence-corrected chi connectivity index (χ3v) is 9.67. The van der Waals surface area contributed by atoms with Crippen LogP contribution in [-0.4, -0.2) is 87.7 Å². The van der Waals surface area contributed by atoms with Crippen molar-refractivity contribution >= 4 is 17.7 Å². The number of nitrogens with zero attached hydrogens (tertiary/aromatic N) is 2. The first-order chi connectivity index (χ1) is 21.7. The maximum absolute atomic E-state index is 13.8. The summed E-state index contributed by atoms with van der Waals surface area (Å²) in [6.45, 7) is 4.90. The van der Waals surface area contributed by atoms with Crippen LogP contribution in [-0.2, 0) is 16.1 Å². The van der Waals surface area contributed by atoms with Crippen LogP contribution in [0.1, 0.15) is 87.1 Å². The molecule has 3 amide bonds. The van der Waals surface area contributed by atoms with Gasteiger partial charge in [0.05, 0.1) is 12.2 Å². The number of aliphatic hydroxyl groups excluding tert-OH is 1. The molecule has 0 aromatic heterocycles. The normalized spacial score (nSPS) is 21.4. The standard InChI is InChI=1S/C35H48N4O6/c1-2-3-20-39-32(42)30(24-34(44)15-5-4-6-16-34)37-33(43)35(39)17-21-38(22-18-35)25-26-7-11-28(12-8-26)45-29-13-9-27(10-14-29)31(41)36-19-23-40/h7-14,30,40,44H,2-6,15-25H2,1H3,(H,36,41)(H,37,43)/t30-/m1/s1. The average molecular weight is 621 g/mol. The molecule has 2 saturated heterocycles. The number of amides is 3. The second kappa shape index (κ2) is 14.7. The molecule has 244 valence electrons. The number of aliphatic hydroxyl groups is 2. The number of hydrogen-bond acceptors (Lipinski definition) is 7. The van der Waals surface area contributed by atoms with Crippen molar-refractivity contribution in [1.29, 1.82) is 0 Å². The van der Waals surface area contributed by atoms with Gasteiger partial charge in [0.2, 0.25) is 11.8 Å². The summed E-state index contributed by atoms with van der Waals surface area (Å²) in [5.41, 5.74) is -0.0838. The van der Waals surface area contributed by atoms with Gasteiger partial charge in [0.1, 0.15) is 23.1 Å². The van der Waals surface area contributed by atoms with Crippen molar-refractivity contribution in [2.75, 3.05) is 32.8 Å². The van der Waals surface area contributed by atoms with Crippen molar-refractivity contribution in [2.45, 2.75) is 94.9 Å². The summed E-state index contributed by atoms with van der Waals surface area (Å²) in [5.74, 6) is 0.954. The number of piperazine rings is 1. The molecule has 1 spiro atoms. The molecule has 10 heteroatoms. The van der Waals surface area contributed by atoms with E-state index in [0.717, 1.165) is 44.2 Å². The first-order valence-corrected chi connectivity index (χ1v) is 16.6. The monoisotopic (exact) mass is 620 g/mol. The van der Waals surface area contributed by atoms with E-state index in [4.69, 9.17) is 9.84 Å². The summed E-state index contributed by atoms with van der Waals surface area (Å²) in [7, 11) is 0. The highest BCUT2D eigenvalue weighted by molar-refractivity contribution is 6.00. The number of nitrogens with one attached hydrogen (secondary N) is 2. The smallest absolute Gasteiger partial charge is 0.251 e. The fourth-order valence-corrected chi connectivity index (χ4v) is 7.03. The minimum absolute atomic E-state index is 0.0364. The van der Waals surface area contributed by atoms with Crippen LogP contribution in [0.3, 0.4) is 0 Å². The van der Waals surface area contributed by atoms with Gasteiger partial charge in [0.15, 0.2) is 0 Å². The zero-order valence-corrected chi connectivity index (χ0v) is 26.4. The van der Waals surface area contributed by atoms with Gasteiger partial charge in [-0.05, 0) is 74.1 Å². The maximum Gasteiger partial charge on any atom is 0.251 e. The maximum atomic E-state index is 13.8. The van der Waals surface area contributed by atoms with Crippen LogP contribution in [0, 0.1) is 0 Å². The second-order valence-corrected chi connectivity index (χ2v) is 12.9. The van der Waals surface area contributed by atoms with E-state index in [0.29, 0.717) is 68.8 Å². The Labute approximate surface area is 266 Å². The molecular weight excluding hydrogens is 572 g/mol. The highest BCUT2D eigenvalue weighted by Gasteiger charge is 2.54. The van der Waals surface area contributed by atoms with Gasteiger partial charge >= 0.3 is 0 Å². The predicted molar refractivity (Wildman–Crippen MR) is 171 cm³/mol. The number of carbonyl (C=O) groups excluding carboxylic acids is 3. The molecule has 2 aromatic rings. The van der Waals surface area contributed by atoms with Crippen LogP contribution in [0.15, 0.2) is 48.5 Å². The Balaban J connectivity index is 1.16. The van der Waals surface area contributed by atoms with Crippen LogP contribution in [0.5, 0.6) is 11.5 Å². The number of piperidine rings is 1. The summed E-state index contributed by atoms with van der Waals surface area (Å²) in [4.78, 5) is 43.8. The van der Waals surface area contributed by atoms with Crippen LogP contribution in [0.2, 0.25) is 0 Å². The van der Waals surface area contributed by atoms with Crippen molar-refractivity contribution in [1.82, 2.24) is 20.4 Å². The van der Waals surface area contributed by atoms with Crippen molar-refractivity contribution in [2.24, 2.45) is 0 Å². The SMILES string of the molecule is CCCCN1C(=O)[C@@H](CC2(O)CCCCC2)NC(=O)C12CCN(Cc1ccc(Oc3ccc(C(=O)NCCO)cc3)cc1)CC2. The quantitative estimate of drug-likeness (QED) is 0.284. The molecule has 3 fully saturated rings. The van der Waals surface area contributed by atoms with Gasteiger partial charge in [-0.2, -0.15) is 0 Å². The summed E-state index contributed by atoms with van der Waals surface area (Å²) < 4.78 is 5.96. The number of unbranched alkanes of at least 4 members (excludes halogenated alkanes) is 1. The molecule has 0 radical (unpaired) electrons. The Hall–Kier alpha value is -3.47. The van der Waals surface area contributed by atoms with E-state index in [-0.39, 0.29) is 30.9 Å². The lowest BCUT2D eigenvalue weighted by molar-refractivity contribution is -0.163. The minimum Gasteiger partial charge on any atom is -0.457 e. The Kier molecular flexibility index (Phi) is 10.8. The van der Waals surface area contributed by atoms with Crippen molar-refractivity contribution in [3.8, 4) is 11.5 Å². The topological polar surface area (TPSA) is 131 Å². The summed E-state index contributed by atoms with van der Waals surface area (Å²) in [6.07, 6.45) is 7.67. The molecule has 0 bridgehead atoms. The summed E-state index contributed by atoms with van der Waals surface area (Å²) >= 11 is 0. The molecule has 0 unspecified atom stereocenters. The van der Waals surface area contributed by atoms with Gasteiger partial charge in [-0.3, -0.25) is 19.3 Å². The molecule has 1 atom stereocenters. The Morgan fingerprint density at radius 1 is 0.978 bits per heavy atom. The molecule has 3 aliphatic rings. The van der Waals surface area contributed by atoms with E-state index in [1.165, 1.54) is 0 Å². The molecule has 1 saturated carbocycles. The molecule has 2 aromatic carbocycles. The highest BCUT2D eigenvalue weighted by Crippen LogP contribution is 2.37. The van der Waals surface area contributed by atoms with Gasteiger partial charge in [-0.25, -0.2) is 0 Å². The first-order valence-electron chi connectivity index (χ1n) is 16.6. The third kappa shape index (κ3) is 7.85. The Bertz CT molecular complexity index is 1300. The van der Waals surface area contributed by atoms with Gasteiger partial charge in [-0.1, -0.05) is 44.7 Å². The van der Waals surface area contributed by atoms with Gasteiger partial charge in [0, 0.05) is 44.7 Å². The van der Waals surface area contributed by atoms with Crippen molar-refractivity contribution < 1.29 is 29.3 Å². The molecule has 2 heterocycles. The lowest BCUT2D eigenvalue weighted by atomic mass is 9.77. The molecular formula is C35H48N4O6. The molecule has 5 rings (SSSR count). The first kappa shape index (κ1) is 32.9. The number of likely N-dealkylation sites (tertiary alicyclic amines) is 1. The summed E-state index contributed by atoms with van der Waals surface area (Å²) in [6, 6.07) is 14.1. The molecule has 2 aliphatic heterocycles. The lowest BCUT2D eigenvalue weighted by Gasteiger charge is -2.52. The minimum atomic E-state index is -0.875. The number of benzene rings is 2. The number of hydrogen-bond donors (Lipinski definition) is 4. The fourth-order valence-electron chi connectivity index (χ4n) is 7.03. The van der Waals surface area contributed by atoms with Gasteiger partial charge in [-0.15, -0.1) is 0 Å². The lowest BCUT2D eigenvalue weighted by Crippen LogP contribution is -2.73. The van der Waals surface area contributed by atoms with Crippen LogP contribution in [0.4, 0.5) is 0 Å². The molecule has 10 nitrogen and oxygen atoms in total. The highest BCUT2D eigenvalue weighted by atomic mass is 16.5. The fraction of sp³-hybridized carbons (Fsp3) is 0.571. The van der Waals surface area contributed by atoms with Crippen LogP contribution in [0.25, 0.3) is 0 Å². The van der Waals surface area contributed by atoms with Crippen LogP contribution < -0.4 is 15.4 Å². The average Bonchev–Trinajstić information content (AvgIpc) is 3.05. The third-order valence-electron chi connectivity index (χ3n) is 9.67. The van der Waals surface area contributed by atoms with Gasteiger partial charge in [0.25, 0.3) is 5.91 Å². The van der Waals surface area contributed by atoms with E-state index < -0.39 is 17.2 Å². The Morgan fingerprint density at radius 2 is 1.62 bits per heavy atom. The van der Waals surface area contributed by atoms with Crippen LogP contribution >= 0.6 is 0 Å².